The van der Waals surface area contributed by atoms with E-state index in [1.807, 2.05) is 18.2 Å². The fraction of sp³-hybridized carbons (Fsp3) is 0.294. The Bertz CT molecular complexity index is 507. The van der Waals surface area contributed by atoms with E-state index in [1.165, 1.54) is 16.7 Å². The Hall–Kier alpha value is -1.64. The van der Waals surface area contributed by atoms with Crippen molar-refractivity contribution < 1.29 is 5.11 Å². The predicted octanol–water partition coefficient (Wildman–Crippen LogP) is 2.95. The molecule has 2 aromatic carbocycles. The quantitative estimate of drug-likeness (QED) is 0.863. The van der Waals surface area contributed by atoms with E-state index < -0.39 is 0 Å². The fourth-order valence-electron chi connectivity index (χ4n) is 2.31. The highest BCUT2D eigenvalue weighted by molar-refractivity contribution is 5.63. The molecule has 0 saturated heterocycles. The molecule has 2 rings (SSSR count). The number of nitrogens with two attached hydrogens (primary N) is 1. The third-order valence-corrected chi connectivity index (χ3v) is 3.80. The molecule has 2 aromatic rings. The minimum Gasteiger partial charge on any atom is -0.396 e. The van der Waals surface area contributed by atoms with Crippen molar-refractivity contribution in [1.29, 1.82) is 0 Å². The topological polar surface area (TPSA) is 46.2 Å². The maximum Gasteiger partial charge on any atom is 0.0439 e. The van der Waals surface area contributed by atoms with Crippen molar-refractivity contribution in [3.05, 3.63) is 60.2 Å². The molecule has 19 heavy (non-hydrogen) atoms. The van der Waals surface area contributed by atoms with E-state index >= 15 is 0 Å². The van der Waals surface area contributed by atoms with Gasteiger partial charge in [0.25, 0.3) is 0 Å². The third-order valence-electron chi connectivity index (χ3n) is 3.80. The number of aliphatic hydroxyl groups excluding tert-OH is 1. The van der Waals surface area contributed by atoms with Crippen LogP contribution < -0.4 is 5.73 Å². The van der Waals surface area contributed by atoms with Crippen LogP contribution in [0.15, 0.2) is 54.6 Å². The summed E-state index contributed by atoms with van der Waals surface area (Å²) >= 11 is 0. The van der Waals surface area contributed by atoms with Gasteiger partial charge in [-0.3, -0.25) is 0 Å². The molecule has 0 aromatic heterocycles. The van der Waals surface area contributed by atoms with Crippen molar-refractivity contribution in [2.24, 2.45) is 5.73 Å². The van der Waals surface area contributed by atoms with Crippen LogP contribution in [0.4, 0.5) is 0 Å². The maximum absolute atomic E-state index is 9.17. The van der Waals surface area contributed by atoms with E-state index in [0.29, 0.717) is 13.0 Å². The van der Waals surface area contributed by atoms with Crippen LogP contribution in [0.2, 0.25) is 0 Å². The fourth-order valence-corrected chi connectivity index (χ4v) is 2.31. The predicted molar refractivity (Wildman–Crippen MR) is 80.0 cm³/mol. The van der Waals surface area contributed by atoms with Crippen LogP contribution in [0.5, 0.6) is 0 Å². The van der Waals surface area contributed by atoms with Gasteiger partial charge in [0.2, 0.25) is 0 Å². The Morgan fingerprint density at radius 2 is 1.53 bits per heavy atom. The molecule has 0 aliphatic rings. The smallest absolute Gasteiger partial charge is 0.0439 e. The van der Waals surface area contributed by atoms with Gasteiger partial charge in [-0.1, -0.05) is 61.5 Å². The normalized spacial score (nSPS) is 14.1. The molecular weight excluding hydrogens is 234 g/mol. The Balaban J connectivity index is 2.28. The molecule has 0 aliphatic carbocycles. The summed E-state index contributed by atoms with van der Waals surface area (Å²) in [5.74, 6) is 0. The van der Waals surface area contributed by atoms with Crippen LogP contribution in [-0.2, 0) is 5.41 Å². The van der Waals surface area contributed by atoms with Crippen molar-refractivity contribution in [2.75, 3.05) is 13.2 Å². The number of rotatable bonds is 5. The van der Waals surface area contributed by atoms with Gasteiger partial charge < -0.3 is 10.8 Å². The monoisotopic (exact) mass is 255 g/mol. The molecular formula is C17H21NO. The molecule has 2 nitrogen and oxygen atoms in total. The van der Waals surface area contributed by atoms with E-state index in [4.69, 9.17) is 5.73 Å². The second kappa shape index (κ2) is 6.00. The summed E-state index contributed by atoms with van der Waals surface area (Å²) in [6.45, 7) is 2.80. The number of hydrogen-bond donors (Lipinski definition) is 2. The van der Waals surface area contributed by atoms with Gasteiger partial charge in [0.1, 0.15) is 0 Å². The highest BCUT2D eigenvalue weighted by Crippen LogP contribution is 2.28. The molecule has 0 radical (unpaired) electrons. The molecule has 2 heteroatoms. The van der Waals surface area contributed by atoms with Crippen LogP contribution in [0.25, 0.3) is 11.1 Å². The summed E-state index contributed by atoms with van der Waals surface area (Å²) in [6.07, 6.45) is 0.689. The standard InChI is InChI=1S/C17H21NO/c1-17(13-18,11-12-19)16-9-7-15(8-10-16)14-5-3-2-4-6-14/h2-10,19H,11-13,18H2,1H3. The molecule has 1 atom stereocenters. The van der Waals surface area contributed by atoms with Gasteiger partial charge in [0.15, 0.2) is 0 Å². The zero-order valence-electron chi connectivity index (χ0n) is 11.3. The van der Waals surface area contributed by atoms with Crippen molar-refractivity contribution in [3.8, 4) is 11.1 Å². The summed E-state index contributed by atoms with van der Waals surface area (Å²) in [7, 11) is 0. The SMILES string of the molecule is CC(CN)(CCO)c1ccc(-c2ccccc2)cc1. The second-order valence-corrected chi connectivity index (χ2v) is 5.18. The molecule has 0 spiro atoms. The van der Waals surface area contributed by atoms with Crippen LogP contribution in [0.1, 0.15) is 18.9 Å². The Morgan fingerprint density at radius 3 is 2.05 bits per heavy atom. The summed E-state index contributed by atoms with van der Waals surface area (Å²) in [5, 5.41) is 9.17. The van der Waals surface area contributed by atoms with Gasteiger partial charge >= 0.3 is 0 Å². The molecule has 0 heterocycles. The lowest BCUT2D eigenvalue weighted by atomic mass is 9.79. The molecule has 0 amide bonds. The van der Waals surface area contributed by atoms with Gasteiger partial charge in [0.05, 0.1) is 0 Å². The number of benzene rings is 2. The largest absolute Gasteiger partial charge is 0.396 e. The van der Waals surface area contributed by atoms with Crippen LogP contribution in [-0.4, -0.2) is 18.3 Å². The molecule has 3 N–H and O–H groups in total. The second-order valence-electron chi connectivity index (χ2n) is 5.18. The highest BCUT2D eigenvalue weighted by Gasteiger charge is 2.24. The number of hydrogen-bond acceptors (Lipinski definition) is 2. The molecule has 0 saturated carbocycles. The summed E-state index contributed by atoms with van der Waals surface area (Å²) < 4.78 is 0. The Kier molecular flexibility index (Phi) is 4.35. The van der Waals surface area contributed by atoms with E-state index in [2.05, 4.69) is 43.3 Å². The minimum absolute atomic E-state index is 0.149. The van der Waals surface area contributed by atoms with E-state index in [9.17, 15) is 5.11 Å². The van der Waals surface area contributed by atoms with Gasteiger partial charge in [-0.05, 0) is 23.1 Å². The first-order valence-corrected chi connectivity index (χ1v) is 6.66. The van der Waals surface area contributed by atoms with Crippen molar-refractivity contribution in [3.63, 3.8) is 0 Å². The van der Waals surface area contributed by atoms with E-state index in [-0.39, 0.29) is 12.0 Å². The lowest BCUT2D eigenvalue weighted by molar-refractivity contribution is 0.247. The highest BCUT2D eigenvalue weighted by atomic mass is 16.3. The lowest BCUT2D eigenvalue weighted by Gasteiger charge is -2.28. The van der Waals surface area contributed by atoms with Gasteiger partial charge in [0, 0.05) is 18.6 Å². The van der Waals surface area contributed by atoms with Crippen molar-refractivity contribution >= 4 is 0 Å². The zero-order chi connectivity index (χ0) is 13.7. The third kappa shape index (κ3) is 3.03. The average molecular weight is 255 g/mol. The summed E-state index contributed by atoms with van der Waals surface area (Å²) in [5.41, 5.74) is 9.31. The van der Waals surface area contributed by atoms with E-state index in [0.717, 1.165) is 0 Å². The minimum atomic E-state index is -0.149. The zero-order valence-corrected chi connectivity index (χ0v) is 11.3. The van der Waals surface area contributed by atoms with E-state index in [1.54, 1.807) is 0 Å². The summed E-state index contributed by atoms with van der Waals surface area (Å²) in [6, 6.07) is 18.8. The lowest BCUT2D eigenvalue weighted by Crippen LogP contribution is -2.32. The van der Waals surface area contributed by atoms with Crippen molar-refractivity contribution in [2.45, 2.75) is 18.8 Å². The van der Waals surface area contributed by atoms with Gasteiger partial charge in [-0.2, -0.15) is 0 Å². The van der Waals surface area contributed by atoms with Crippen LogP contribution in [0, 0.1) is 0 Å². The molecule has 0 aliphatic heterocycles. The Labute approximate surface area is 114 Å². The average Bonchev–Trinajstić information content (AvgIpc) is 2.48. The van der Waals surface area contributed by atoms with Crippen LogP contribution >= 0.6 is 0 Å². The first-order valence-electron chi connectivity index (χ1n) is 6.66. The van der Waals surface area contributed by atoms with Gasteiger partial charge in [-0.25, -0.2) is 0 Å². The first-order chi connectivity index (χ1) is 9.19. The maximum atomic E-state index is 9.17. The van der Waals surface area contributed by atoms with Crippen LogP contribution in [0.3, 0.4) is 0 Å². The number of aliphatic hydroxyl groups is 1. The molecule has 0 fully saturated rings. The molecule has 0 bridgehead atoms. The van der Waals surface area contributed by atoms with Crippen molar-refractivity contribution in [1.82, 2.24) is 0 Å². The Morgan fingerprint density at radius 1 is 0.947 bits per heavy atom. The first kappa shape index (κ1) is 13.8. The molecule has 100 valence electrons. The summed E-state index contributed by atoms with van der Waals surface area (Å²) in [4.78, 5) is 0. The van der Waals surface area contributed by atoms with Gasteiger partial charge in [-0.15, -0.1) is 0 Å². The molecule has 1 unspecified atom stereocenters.